The lowest BCUT2D eigenvalue weighted by Crippen LogP contribution is -2.18. The van der Waals surface area contributed by atoms with E-state index in [1.807, 2.05) is 0 Å². The third-order valence-electron chi connectivity index (χ3n) is 3.13. The molecule has 0 saturated heterocycles. The number of rotatable bonds is 14. The molecule has 110 valence electrons. The first kappa shape index (κ1) is 17.9. The Morgan fingerprint density at radius 1 is 0.611 bits per heavy atom. The van der Waals surface area contributed by atoms with Gasteiger partial charge < -0.3 is 9.47 Å². The van der Waals surface area contributed by atoms with Gasteiger partial charge in [0.1, 0.15) is 0 Å². The van der Waals surface area contributed by atoms with Crippen LogP contribution in [0, 0.1) is 0 Å². The van der Waals surface area contributed by atoms with Gasteiger partial charge in [-0.2, -0.15) is 0 Å². The highest BCUT2D eigenvalue weighted by molar-refractivity contribution is 4.47. The smallest absolute Gasteiger partial charge is 0.157 e. The van der Waals surface area contributed by atoms with Crippen LogP contribution in [0.15, 0.2) is 0 Å². The van der Waals surface area contributed by atoms with Crippen molar-refractivity contribution in [2.45, 2.75) is 91.3 Å². The molecule has 2 nitrogen and oxygen atoms in total. The molecule has 0 rings (SSSR count). The highest BCUT2D eigenvalue weighted by Gasteiger charge is 2.07. The maximum Gasteiger partial charge on any atom is 0.157 e. The Kier molecular flexibility index (Phi) is 14.9. The van der Waals surface area contributed by atoms with Crippen LogP contribution in [0.1, 0.15) is 85.0 Å². The summed E-state index contributed by atoms with van der Waals surface area (Å²) in [7, 11) is 0. The first-order chi connectivity index (χ1) is 8.85. The van der Waals surface area contributed by atoms with Crippen LogP contribution >= 0.6 is 0 Å². The number of hydrogen-bond donors (Lipinski definition) is 0. The van der Waals surface area contributed by atoms with Gasteiger partial charge in [-0.25, -0.2) is 0 Å². The van der Waals surface area contributed by atoms with Crippen molar-refractivity contribution in [3.63, 3.8) is 0 Å². The van der Waals surface area contributed by atoms with E-state index in [0.717, 1.165) is 26.1 Å². The quantitative estimate of drug-likeness (QED) is 0.311. The Balaban J connectivity index is 3.45. The van der Waals surface area contributed by atoms with Crippen LogP contribution < -0.4 is 0 Å². The molecule has 0 aromatic rings. The fraction of sp³-hybridized carbons (Fsp3) is 1.00. The fourth-order valence-electron chi connectivity index (χ4n) is 1.94. The summed E-state index contributed by atoms with van der Waals surface area (Å²) in [6.07, 6.45) is 12.3. The van der Waals surface area contributed by atoms with Crippen molar-refractivity contribution in [3.05, 3.63) is 0 Å². The van der Waals surface area contributed by atoms with Crippen LogP contribution in [0.25, 0.3) is 0 Å². The summed E-state index contributed by atoms with van der Waals surface area (Å²) in [5, 5.41) is 0. The molecule has 0 aliphatic rings. The first-order valence-corrected chi connectivity index (χ1v) is 8.08. The standard InChI is InChI=1S/C16H34O2/c1-4-7-9-11-14-17-16(13-6-3)18-15-12-10-8-5-2/h16H,4-15H2,1-3H3. The summed E-state index contributed by atoms with van der Waals surface area (Å²) in [5.41, 5.74) is 0. The van der Waals surface area contributed by atoms with Crippen LogP contribution in [0.2, 0.25) is 0 Å². The minimum Gasteiger partial charge on any atom is -0.353 e. The second-order valence-electron chi connectivity index (χ2n) is 5.08. The minimum absolute atomic E-state index is 0.0400. The molecule has 0 bridgehead atoms. The average molecular weight is 258 g/mol. The molecular formula is C16H34O2. The zero-order valence-electron chi connectivity index (χ0n) is 12.9. The molecule has 0 N–H and O–H groups in total. The van der Waals surface area contributed by atoms with Crippen molar-refractivity contribution in [1.82, 2.24) is 0 Å². The van der Waals surface area contributed by atoms with Gasteiger partial charge in [-0.15, -0.1) is 0 Å². The van der Waals surface area contributed by atoms with E-state index in [1.165, 1.54) is 51.4 Å². The summed E-state index contributed by atoms with van der Waals surface area (Å²) in [4.78, 5) is 0. The van der Waals surface area contributed by atoms with Crippen molar-refractivity contribution >= 4 is 0 Å². The van der Waals surface area contributed by atoms with E-state index in [0.29, 0.717) is 0 Å². The van der Waals surface area contributed by atoms with E-state index in [9.17, 15) is 0 Å². The predicted octanol–water partition coefficient (Wildman–Crippen LogP) is 5.31. The third kappa shape index (κ3) is 12.4. The van der Waals surface area contributed by atoms with Gasteiger partial charge in [0.25, 0.3) is 0 Å². The molecule has 0 radical (unpaired) electrons. The van der Waals surface area contributed by atoms with Gasteiger partial charge in [0.15, 0.2) is 6.29 Å². The van der Waals surface area contributed by atoms with Crippen LogP contribution in [0.5, 0.6) is 0 Å². The van der Waals surface area contributed by atoms with Crippen LogP contribution in [-0.4, -0.2) is 19.5 Å². The van der Waals surface area contributed by atoms with Gasteiger partial charge in [0.2, 0.25) is 0 Å². The van der Waals surface area contributed by atoms with Gasteiger partial charge in [-0.1, -0.05) is 65.7 Å². The molecule has 0 heterocycles. The molecule has 0 spiro atoms. The normalized spacial score (nSPS) is 11.3. The Labute approximate surface area is 114 Å². The van der Waals surface area contributed by atoms with E-state index >= 15 is 0 Å². The van der Waals surface area contributed by atoms with E-state index < -0.39 is 0 Å². The second-order valence-corrected chi connectivity index (χ2v) is 5.08. The van der Waals surface area contributed by atoms with Crippen molar-refractivity contribution in [2.24, 2.45) is 0 Å². The Morgan fingerprint density at radius 2 is 1.11 bits per heavy atom. The maximum absolute atomic E-state index is 5.81. The number of ether oxygens (including phenoxy) is 2. The monoisotopic (exact) mass is 258 g/mol. The van der Waals surface area contributed by atoms with Crippen molar-refractivity contribution in [2.75, 3.05) is 13.2 Å². The molecule has 0 amide bonds. The first-order valence-electron chi connectivity index (χ1n) is 8.08. The van der Waals surface area contributed by atoms with Crippen molar-refractivity contribution in [1.29, 1.82) is 0 Å². The summed E-state index contributed by atoms with van der Waals surface area (Å²) in [5.74, 6) is 0. The van der Waals surface area contributed by atoms with Crippen LogP contribution in [-0.2, 0) is 9.47 Å². The van der Waals surface area contributed by atoms with Gasteiger partial charge >= 0.3 is 0 Å². The summed E-state index contributed by atoms with van der Waals surface area (Å²) in [6, 6.07) is 0. The molecule has 0 aromatic heterocycles. The topological polar surface area (TPSA) is 18.5 Å². The van der Waals surface area contributed by atoms with E-state index in [4.69, 9.17) is 9.47 Å². The van der Waals surface area contributed by atoms with E-state index in [1.54, 1.807) is 0 Å². The number of unbranched alkanes of at least 4 members (excludes halogenated alkanes) is 6. The zero-order valence-corrected chi connectivity index (χ0v) is 12.9. The lowest BCUT2D eigenvalue weighted by atomic mass is 10.2. The average Bonchev–Trinajstić information content (AvgIpc) is 2.38. The van der Waals surface area contributed by atoms with E-state index in [2.05, 4.69) is 20.8 Å². The second kappa shape index (κ2) is 15.0. The molecule has 0 fully saturated rings. The highest BCUT2D eigenvalue weighted by atomic mass is 16.7. The Hall–Kier alpha value is -0.0800. The summed E-state index contributed by atoms with van der Waals surface area (Å²) in [6.45, 7) is 8.38. The predicted molar refractivity (Wildman–Crippen MR) is 78.9 cm³/mol. The highest BCUT2D eigenvalue weighted by Crippen LogP contribution is 2.08. The van der Waals surface area contributed by atoms with Gasteiger partial charge in [-0.3, -0.25) is 0 Å². The third-order valence-corrected chi connectivity index (χ3v) is 3.13. The molecule has 2 heteroatoms. The Bertz CT molecular complexity index is 134. The fourth-order valence-corrected chi connectivity index (χ4v) is 1.94. The van der Waals surface area contributed by atoms with Crippen molar-refractivity contribution < 1.29 is 9.47 Å². The molecule has 0 saturated carbocycles. The summed E-state index contributed by atoms with van der Waals surface area (Å²) >= 11 is 0. The molecule has 0 aliphatic heterocycles. The van der Waals surface area contributed by atoms with Gasteiger partial charge in [0.05, 0.1) is 0 Å². The number of hydrogen-bond acceptors (Lipinski definition) is 2. The lowest BCUT2D eigenvalue weighted by Gasteiger charge is -2.18. The maximum atomic E-state index is 5.81. The van der Waals surface area contributed by atoms with E-state index in [-0.39, 0.29) is 6.29 Å². The molecule has 0 atom stereocenters. The molecule has 0 aromatic carbocycles. The molecule has 0 unspecified atom stereocenters. The summed E-state index contributed by atoms with van der Waals surface area (Å²) < 4.78 is 11.6. The van der Waals surface area contributed by atoms with Gasteiger partial charge in [-0.05, 0) is 19.3 Å². The van der Waals surface area contributed by atoms with Crippen LogP contribution in [0.4, 0.5) is 0 Å². The Morgan fingerprint density at radius 3 is 1.50 bits per heavy atom. The minimum atomic E-state index is 0.0400. The molecular weight excluding hydrogens is 224 g/mol. The SMILES string of the molecule is CCCCCCOC(CCC)OCCCCCC. The van der Waals surface area contributed by atoms with Crippen molar-refractivity contribution in [3.8, 4) is 0 Å². The van der Waals surface area contributed by atoms with Gasteiger partial charge in [0, 0.05) is 13.2 Å². The zero-order chi connectivity index (χ0) is 13.5. The molecule has 0 aliphatic carbocycles. The van der Waals surface area contributed by atoms with Crippen LogP contribution in [0.3, 0.4) is 0 Å². The molecule has 18 heavy (non-hydrogen) atoms. The largest absolute Gasteiger partial charge is 0.353 e. The lowest BCUT2D eigenvalue weighted by molar-refractivity contribution is -0.147.